The molecule has 1 N–H and O–H groups in total. The van der Waals surface area contributed by atoms with Gasteiger partial charge < -0.3 is 9.64 Å². The number of rotatable bonds is 7. The number of hydrogen-bond donors (Lipinski definition) is 1. The van der Waals surface area contributed by atoms with E-state index in [1.54, 1.807) is 12.1 Å². The summed E-state index contributed by atoms with van der Waals surface area (Å²) in [7, 11) is -4.95. The van der Waals surface area contributed by atoms with Crippen molar-refractivity contribution in [1.82, 2.24) is 9.62 Å². The number of ether oxygens (including phenoxy) is 1. The third-order valence-electron chi connectivity index (χ3n) is 7.25. The van der Waals surface area contributed by atoms with Crippen LogP contribution in [0.4, 0.5) is 17.6 Å². The smallest absolute Gasteiger partial charge is 0.350 e. The highest BCUT2D eigenvalue weighted by Gasteiger charge is 2.62. The first-order valence-corrected chi connectivity index (χ1v) is 12.9. The first-order chi connectivity index (χ1) is 16.6. The molecule has 2 aromatic carbocycles. The Hall–Kier alpha value is -2.50. The van der Waals surface area contributed by atoms with Crippen LogP contribution in [0, 0.1) is 17.0 Å². The van der Waals surface area contributed by atoms with E-state index in [4.69, 9.17) is 4.74 Å². The van der Waals surface area contributed by atoms with Crippen molar-refractivity contribution in [3.05, 3.63) is 59.7 Å². The Labute approximate surface area is 200 Å². The van der Waals surface area contributed by atoms with Gasteiger partial charge in [-0.05, 0) is 42.5 Å². The van der Waals surface area contributed by atoms with Gasteiger partial charge in [-0.25, -0.2) is 21.9 Å². The first kappa shape index (κ1) is 24.2. The lowest BCUT2D eigenvalue weighted by molar-refractivity contribution is -0.157. The summed E-state index contributed by atoms with van der Waals surface area (Å²) < 4.78 is 87.5. The molecule has 3 aliphatic rings. The van der Waals surface area contributed by atoms with E-state index in [9.17, 15) is 26.4 Å². The molecule has 11 heteroatoms. The molecule has 2 aromatic rings. The van der Waals surface area contributed by atoms with Gasteiger partial charge in [0.2, 0.25) is 0 Å². The second-order valence-corrected chi connectivity index (χ2v) is 11.1. The number of hydrogen-bond acceptors (Lipinski definition) is 4. The fraction of sp³-hybridized carbons (Fsp3) is 0.458. The molecule has 0 radical (unpaired) electrons. The molecule has 5 rings (SSSR count). The van der Waals surface area contributed by atoms with E-state index in [0.717, 1.165) is 0 Å². The lowest BCUT2D eigenvalue weighted by Crippen LogP contribution is -2.53. The maximum Gasteiger partial charge on any atom is 0.350 e. The number of alkyl halides is 2. The van der Waals surface area contributed by atoms with Crippen LogP contribution in [0.25, 0.3) is 11.1 Å². The standard InChI is InChI=1S/C24H24F4N2O4S/c25-16-5-1-3-14(11-16)17-6-2-4-15(20(17)26)12-18-21(29-35(32,33)23(27)28)24(8-9-24)13-30(18)22(31)19-7-10-34-19/h1-6,11,18-19,21,23,29H,7-10,12-13H2/t18-,19+,21+/m0/s1. The summed E-state index contributed by atoms with van der Waals surface area (Å²) in [6.07, 6.45) is 0.835. The average molecular weight is 513 g/mol. The van der Waals surface area contributed by atoms with Gasteiger partial charge in [0.1, 0.15) is 17.7 Å². The van der Waals surface area contributed by atoms with Crippen molar-refractivity contribution in [3.63, 3.8) is 0 Å². The number of nitrogens with one attached hydrogen (secondary N) is 1. The van der Waals surface area contributed by atoms with E-state index in [1.807, 2.05) is 0 Å². The van der Waals surface area contributed by atoms with Crippen LogP contribution in [-0.4, -0.2) is 56.3 Å². The highest BCUT2D eigenvalue weighted by Crippen LogP contribution is 2.56. The summed E-state index contributed by atoms with van der Waals surface area (Å²) in [4.78, 5) is 14.6. The molecule has 35 heavy (non-hydrogen) atoms. The predicted octanol–water partition coefficient (Wildman–Crippen LogP) is 3.46. The summed E-state index contributed by atoms with van der Waals surface area (Å²) in [5, 5.41) is 0. The SMILES string of the molecule is O=C([C@H]1CCO1)N1CC2(CC2)[C@H](NS(=O)(=O)C(F)F)[C@@H]1Cc1cccc(-c2cccc(F)c2)c1F. The van der Waals surface area contributed by atoms with E-state index in [-0.39, 0.29) is 30.0 Å². The number of benzene rings is 2. The lowest BCUT2D eigenvalue weighted by Gasteiger charge is -2.34. The quantitative estimate of drug-likeness (QED) is 0.577. The van der Waals surface area contributed by atoms with Crippen molar-refractivity contribution in [1.29, 1.82) is 0 Å². The summed E-state index contributed by atoms with van der Waals surface area (Å²) in [5.41, 5.74) is -0.0443. The highest BCUT2D eigenvalue weighted by molar-refractivity contribution is 7.89. The van der Waals surface area contributed by atoms with Crippen LogP contribution in [0.5, 0.6) is 0 Å². The Morgan fingerprint density at radius 3 is 2.49 bits per heavy atom. The largest absolute Gasteiger partial charge is 0.368 e. The minimum absolute atomic E-state index is 0.106. The number of amides is 1. The van der Waals surface area contributed by atoms with Crippen molar-refractivity contribution in [2.75, 3.05) is 13.2 Å². The number of carbonyl (C=O) groups is 1. The molecule has 3 atom stereocenters. The molecule has 1 amide bonds. The first-order valence-electron chi connectivity index (χ1n) is 11.4. The highest BCUT2D eigenvalue weighted by atomic mass is 32.2. The molecule has 3 fully saturated rings. The summed E-state index contributed by atoms with van der Waals surface area (Å²) in [5.74, 6) is -5.16. The van der Waals surface area contributed by atoms with E-state index in [0.29, 0.717) is 31.4 Å². The number of halogens is 4. The van der Waals surface area contributed by atoms with Crippen LogP contribution in [0.1, 0.15) is 24.8 Å². The summed E-state index contributed by atoms with van der Waals surface area (Å²) in [6, 6.07) is 8.14. The van der Waals surface area contributed by atoms with Gasteiger partial charge in [-0.3, -0.25) is 4.79 Å². The Kier molecular flexibility index (Phi) is 6.13. The maximum absolute atomic E-state index is 15.6. The van der Waals surface area contributed by atoms with Crippen molar-refractivity contribution in [2.45, 2.75) is 49.6 Å². The van der Waals surface area contributed by atoms with Crippen LogP contribution in [0.2, 0.25) is 0 Å². The molecule has 2 aliphatic heterocycles. The Balaban J connectivity index is 1.51. The van der Waals surface area contributed by atoms with Gasteiger partial charge in [0.15, 0.2) is 0 Å². The summed E-state index contributed by atoms with van der Waals surface area (Å²) in [6.45, 7) is 0.601. The fourth-order valence-corrected chi connectivity index (χ4v) is 5.99. The van der Waals surface area contributed by atoms with Crippen LogP contribution in [0.15, 0.2) is 42.5 Å². The summed E-state index contributed by atoms with van der Waals surface area (Å²) >= 11 is 0. The number of sulfonamides is 1. The molecule has 2 heterocycles. The molecular weight excluding hydrogens is 488 g/mol. The second kappa shape index (κ2) is 8.86. The maximum atomic E-state index is 15.6. The van der Waals surface area contributed by atoms with Gasteiger partial charge in [0.05, 0.1) is 12.6 Å². The van der Waals surface area contributed by atoms with Gasteiger partial charge in [0.25, 0.3) is 15.9 Å². The molecule has 0 aromatic heterocycles. The van der Waals surface area contributed by atoms with E-state index < -0.39 is 51.0 Å². The van der Waals surface area contributed by atoms with Crippen molar-refractivity contribution in [3.8, 4) is 11.1 Å². The normalized spacial score (nSPS) is 25.2. The van der Waals surface area contributed by atoms with E-state index in [1.165, 1.54) is 35.2 Å². The second-order valence-electron chi connectivity index (χ2n) is 9.44. The van der Waals surface area contributed by atoms with Gasteiger partial charge in [-0.2, -0.15) is 8.78 Å². The topological polar surface area (TPSA) is 75.7 Å². The van der Waals surface area contributed by atoms with Crippen LogP contribution >= 0.6 is 0 Å². The predicted molar refractivity (Wildman–Crippen MR) is 119 cm³/mol. The molecule has 0 unspecified atom stereocenters. The number of nitrogens with zero attached hydrogens (tertiary/aromatic N) is 1. The molecule has 1 spiro atoms. The molecule has 6 nitrogen and oxygen atoms in total. The molecule has 1 aliphatic carbocycles. The zero-order chi connectivity index (χ0) is 25.0. The number of likely N-dealkylation sites (tertiary alicyclic amines) is 1. The van der Waals surface area contributed by atoms with Crippen LogP contribution < -0.4 is 4.72 Å². The Morgan fingerprint density at radius 1 is 1.17 bits per heavy atom. The average Bonchev–Trinajstić information content (AvgIpc) is 3.49. The van der Waals surface area contributed by atoms with Crippen LogP contribution in [-0.2, 0) is 26.0 Å². The van der Waals surface area contributed by atoms with Crippen LogP contribution in [0.3, 0.4) is 0 Å². The van der Waals surface area contributed by atoms with E-state index in [2.05, 4.69) is 4.72 Å². The molecule has 188 valence electrons. The molecule has 1 saturated carbocycles. The van der Waals surface area contributed by atoms with Gasteiger partial charge in [-0.1, -0.05) is 30.3 Å². The van der Waals surface area contributed by atoms with Gasteiger partial charge in [0, 0.05) is 30.0 Å². The molecular formula is C24H24F4N2O4S. The van der Waals surface area contributed by atoms with Gasteiger partial charge in [-0.15, -0.1) is 0 Å². The third-order valence-corrected chi connectivity index (χ3v) is 8.30. The molecule has 2 saturated heterocycles. The molecule has 0 bridgehead atoms. The Morgan fingerprint density at radius 2 is 1.89 bits per heavy atom. The fourth-order valence-electron chi connectivity index (χ4n) is 5.13. The van der Waals surface area contributed by atoms with Crippen molar-refractivity contribution >= 4 is 15.9 Å². The zero-order valence-electron chi connectivity index (χ0n) is 18.6. The van der Waals surface area contributed by atoms with Gasteiger partial charge >= 0.3 is 5.76 Å². The monoisotopic (exact) mass is 512 g/mol. The van der Waals surface area contributed by atoms with Crippen molar-refractivity contribution < 1.29 is 35.5 Å². The third kappa shape index (κ3) is 4.45. The Bertz CT molecular complexity index is 1250. The van der Waals surface area contributed by atoms with Crippen molar-refractivity contribution in [2.24, 2.45) is 5.41 Å². The minimum Gasteiger partial charge on any atom is -0.368 e. The number of carbonyl (C=O) groups excluding carboxylic acids is 1. The van der Waals surface area contributed by atoms with E-state index >= 15 is 4.39 Å². The zero-order valence-corrected chi connectivity index (χ0v) is 19.4. The lowest BCUT2D eigenvalue weighted by atomic mass is 9.91. The minimum atomic E-state index is -4.95.